The zero-order valence-corrected chi connectivity index (χ0v) is 26.3. The quantitative estimate of drug-likeness (QED) is 0.0609. The van der Waals surface area contributed by atoms with Crippen LogP contribution in [-0.2, 0) is 41.6 Å². The molecule has 5 atom stereocenters. The van der Waals surface area contributed by atoms with Gasteiger partial charge < -0.3 is 43.6 Å². The van der Waals surface area contributed by atoms with E-state index in [1.165, 1.54) is 0 Å². The van der Waals surface area contributed by atoms with Crippen molar-refractivity contribution >= 4 is 48.1 Å². The molecule has 46 heavy (non-hydrogen) atoms. The second-order valence-electron chi connectivity index (χ2n) is 10.7. The number of rotatable bonds is 20. The molecule has 0 radical (unpaired) electrons. The molecule has 2 aromatic rings. The summed E-state index contributed by atoms with van der Waals surface area (Å²) >= 11 is 4.00. The lowest BCUT2D eigenvalue weighted by Crippen LogP contribution is -2.59. The van der Waals surface area contributed by atoms with Crippen LogP contribution in [0.5, 0.6) is 0 Å². The molecule has 0 aliphatic heterocycles. The predicted molar refractivity (Wildman–Crippen MR) is 174 cm³/mol. The van der Waals surface area contributed by atoms with Crippen LogP contribution in [0.2, 0.25) is 0 Å². The van der Waals surface area contributed by atoms with Crippen LogP contribution in [-0.4, -0.2) is 83.1 Å². The first-order valence-corrected chi connectivity index (χ1v) is 15.4. The fourth-order valence-corrected chi connectivity index (χ4v) is 4.63. The van der Waals surface area contributed by atoms with Crippen molar-refractivity contribution in [1.82, 2.24) is 21.3 Å². The van der Waals surface area contributed by atoms with Crippen molar-refractivity contribution in [2.45, 2.75) is 68.7 Å². The average molecular weight is 658 g/mol. The molecule has 0 heterocycles. The SMILES string of the molecule is NCCCCC(NC(=O)C(N)CS)C(=O)NC(CC(N)=O)C(=O)NC(Cc1ccccc1)C(=O)NC(Cc1ccccc1)C(=O)O. The lowest BCUT2D eigenvalue weighted by Gasteiger charge is -2.26. The van der Waals surface area contributed by atoms with Gasteiger partial charge in [0.2, 0.25) is 29.5 Å². The van der Waals surface area contributed by atoms with Crippen molar-refractivity contribution in [2.75, 3.05) is 12.3 Å². The summed E-state index contributed by atoms with van der Waals surface area (Å²) in [5.74, 6) is -5.30. The minimum Gasteiger partial charge on any atom is -0.480 e. The van der Waals surface area contributed by atoms with Crippen molar-refractivity contribution in [1.29, 1.82) is 0 Å². The highest BCUT2D eigenvalue weighted by atomic mass is 32.1. The number of primary amides is 1. The molecule has 2 rings (SSSR count). The Balaban J connectivity index is 2.29. The normalized spacial score (nSPS) is 14.1. The Bertz CT molecular complexity index is 1320. The molecule has 0 aliphatic carbocycles. The monoisotopic (exact) mass is 657 g/mol. The third-order valence-electron chi connectivity index (χ3n) is 6.96. The van der Waals surface area contributed by atoms with Gasteiger partial charge in [-0.1, -0.05) is 60.7 Å². The topological polar surface area (TPSA) is 249 Å². The first kappa shape index (κ1) is 37.7. The summed E-state index contributed by atoms with van der Waals surface area (Å²) in [6, 6.07) is 11.1. The van der Waals surface area contributed by atoms with Crippen molar-refractivity contribution in [3.05, 3.63) is 71.8 Å². The molecule has 14 nitrogen and oxygen atoms in total. The number of hydrogen-bond donors (Lipinski definition) is 9. The van der Waals surface area contributed by atoms with Crippen LogP contribution < -0.4 is 38.5 Å². The largest absolute Gasteiger partial charge is 0.480 e. The lowest BCUT2D eigenvalue weighted by molar-refractivity contribution is -0.142. The van der Waals surface area contributed by atoms with Gasteiger partial charge in [0.25, 0.3) is 0 Å². The van der Waals surface area contributed by atoms with Crippen LogP contribution in [0.15, 0.2) is 60.7 Å². The Kier molecular flexibility index (Phi) is 16.2. The summed E-state index contributed by atoms with van der Waals surface area (Å²) in [5, 5.41) is 19.8. The van der Waals surface area contributed by atoms with Gasteiger partial charge in [0, 0.05) is 18.6 Å². The molecule has 11 N–H and O–H groups in total. The van der Waals surface area contributed by atoms with Crippen LogP contribution in [0.3, 0.4) is 0 Å². The Morgan fingerprint density at radius 3 is 1.63 bits per heavy atom. The summed E-state index contributed by atoms with van der Waals surface area (Å²) in [4.78, 5) is 76.7. The number of benzene rings is 2. The highest BCUT2D eigenvalue weighted by Crippen LogP contribution is 2.09. The molecule has 0 bridgehead atoms. The van der Waals surface area contributed by atoms with E-state index in [-0.39, 0.29) is 25.0 Å². The standard InChI is InChI=1S/C31H43N7O7S/c32-14-8-7-13-22(35-27(40)21(33)18-46)28(41)37-24(17-26(34)39)30(43)36-23(15-19-9-3-1-4-10-19)29(42)38-25(31(44)45)16-20-11-5-2-6-12-20/h1-6,9-12,21-25,46H,7-8,13-18,32-33H2,(H2,34,39)(H,35,40)(H,36,43)(H,37,41)(H,38,42)(H,44,45). The number of unbranched alkanes of at least 4 members (excludes halogenated alkanes) is 1. The molecule has 250 valence electrons. The van der Waals surface area contributed by atoms with E-state index in [1.807, 2.05) is 0 Å². The summed E-state index contributed by atoms with van der Waals surface area (Å²) < 4.78 is 0. The van der Waals surface area contributed by atoms with Gasteiger partial charge >= 0.3 is 5.97 Å². The van der Waals surface area contributed by atoms with Crippen LogP contribution in [0.1, 0.15) is 36.8 Å². The van der Waals surface area contributed by atoms with Crippen LogP contribution in [0.25, 0.3) is 0 Å². The molecule has 2 aromatic carbocycles. The fraction of sp³-hybridized carbons (Fsp3) is 0.419. The predicted octanol–water partition coefficient (Wildman–Crippen LogP) is -1.24. The molecule has 0 spiro atoms. The maximum absolute atomic E-state index is 13.5. The molecule has 0 saturated heterocycles. The smallest absolute Gasteiger partial charge is 0.326 e. The lowest BCUT2D eigenvalue weighted by atomic mass is 10.0. The van der Waals surface area contributed by atoms with Crippen LogP contribution in [0.4, 0.5) is 0 Å². The van der Waals surface area contributed by atoms with Gasteiger partial charge in [-0.15, -0.1) is 0 Å². The number of carboxylic acid groups (broad SMARTS) is 1. The van der Waals surface area contributed by atoms with E-state index in [1.54, 1.807) is 60.7 Å². The molecule has 0 aliphatic rings. The zero-order chi connectivity index (χ0) is 34.1. The molecule has 5 amide bonds. The number of carbonyl (C=O) groups excluding carboxylic acids is 5. The van der Waals surface area contributed by atoms with E-state index < -0.39 is 72.1 Å². The maximum Gasteiger partial charge on any atom is 0.326 e. The van der Waals surface area contributed by atoms with Gasteiger partial charge in [-0.2, -0.15) is 12.6 Å². The third-order valence-corrected chi connectivity index (χ3v) is 7.36. The Morgan fingerprint density at radius 2 is 1.13 bits per heavy atom. The van der Waals surface area contributed by atoms with Crippen molar-refractivity contribution < 1.29 is 33.9 Å². The minimum absolute atomic E-state index is 0.0115. The number of aliphatic carboxylic acids is 1. The number of hydrogen-bond acceptors (Lipinski definition) is 9. The minimum atomic E-state index is -1.52. The Hall–Kier alpha value is -4.47. The van der Waals surface area contributed by atoms with E-state index in [2.05, 4.69) is 33.9 Å². The highest BCUT2D eigenvalue weighted by molar-refractivity contribution is 7.80. The number of thiol groups is 1. The summed E-state index contributed by atoms with van der Waals surface area (Å²) in [7, 11) is 0. The van der Waals surface area contributed by atoms with Crippen molar-refractivity contribution in [2.24, 2.45) is 17.2 Å². The van der Waals surface area contributed by atoms with E-state index >= 15 is 0 Å². The van der Waals surface area contributed by atoms with Gasteiger partial charge in [0.1, 0.15) is 24.2 Å². The van der Waals surface area contributed by atoms with Gasteiger partial charge in [-0.3, -0.25) is 24.0 Å². The Labute approximate surface area is 273 Å². The number of nitrogens with two attached hydrogens (primary N) is 3. The van der Waals surface area contributed by atoms with E-state index in [0.29, 0.717) is 30.5 Å². The highest BCUT2D eigenvalue weighted by Gasteiger charge is 2.32. The second kappa shape index (κ2) is 19.8. The fourth-order valence-electron chi connectivity index (χ4n) is 4.46. The zero-order valence-electron chi connectivity index (χ0n) is 25.4. The van der Waals surface area contributed by atoms with Gasteiger partial charge in [-0.05, 0) is 36.9 Å². The third kappa shape index (κ3) is 13.3. The summed E-state index contributed by atoms with van der Waals surface area (Å²) in [6.07, 6.45) is 0.514. The van der Waals surface area contributed by atoms with Crippen LogP contribution in [0, 0.1) is 0 Å². The molecular formula is C31H43N7O7S. The molecule has 0 saturated carbocycles. The van der Waals surface area contributed by atoms with Crippen LogP contribution >= 0.6 is 12.6 Å². The Morgan fingerprint density at radius 1 is 0.674 bits per heavy atom. The second-order valence-corrected chi connectivity index (χ2v) is 11.1. The summed E-state index contributed by atoms with van der Waals surface area (Å²) in [6.45, 7) is 0.351. The summed E-state index contributed by atoms with van der Waals surface area (Å²) in [5.41, 5.74) is 18.0. The molecule has 5 unspecified atom stereocenters. The molecule has 15 heteroatoms. The first-order chi connectivity index (χ1) is 21.9. The maximum atomic E-state index is 13.5. The van der Waals surface area contributed by atoms with E-state index in [0.717, 1.165) is 0 Å². The van der Waals surface area contributed by atoms with Gasteiger partial charge in [0.15, 0.2) is 0 Å². The van der Waals surface area contributed by atoms with E-state index in [4.69, 9.17) is 17.2 Å². The number of amides is 5. The van der Waals surface area contributed by atoms with Crippen molar-refractivity contribution in [3.63, 3.8) is 0 Å². The van der Waals surface area contributed by atoms with Gasteiger partial charge in [0.05, 0.1) is 12.5 Å². The number of carboxylic acids is 1. The molecule has 0 fully saturated rings. The average Bonchev–Trinajstić information content (AvgIpc) is 3.03. The number of carbonyl (C=O) groups is 6. The molecular weight excluding hydrogens is 614 g/mol. The first-order valence-electron chi connectivity index (χ1n) is 14.8. The van der Waals surface area contributed by atoms with Crippen molar-refractivity contribution in [3.8, 4) is 0 Å². The van der Waals surface area contributed by atoms with Gasteiger partial charge in [-0.25, -0.2) is 4.79 Å². The molecule has 0 aromatic heterocycles. The number of nitrogens with one attached hydrogen (secondary N) is 4. The van der Waals surface area contributed by atoms with E-state index in [9.17, 15) is 33.9 Å².